The van der Waals surface area contributed by atoms with Crippen LogP contribution >= 0.6 is 0 Å². The number of piperidine rings is 1. The van der Waals surface area contributed by atoms with E-state index in [0.717, 1.165) is 31.6 Å². The summed E-state index contributed by atoms with van der Waals surface area (Å²) in [4.78, 5) is 32.6. The molecule has 0 unspecified atom stereocenters. The van der Waals surface area contributed by atoms with Crippen molar-refractivity contribution >= 4 is 17.6 Å². The Balaban J connectivity index is 1.56. The first-order valence-corrected chi connectivity index (χ1v) is 8.62. The van der Waals surface area contributed by atoms with E-state index in [1.807, 2.05) is 42.3 Å². The van der Waals surface area contributed by atoms with Crippen LogP contribution in [0.2, 0.25) is 0 Å². The summed E-state index contributed by atoms with van der Waals surface area (Å²) in [6.07, 6.45) is 2.01. The molecule has 0 atom stereocenters. The lowest BCUT2D eigenvalue weighted by molar-refractivity contribution is -0.133. The predicted molar refractivity (Wildman–Crippen MR) is 94.0 cm³/mol. The molecule has 1 aromatic rings. The Morgan fingerprint density at radius 2 is 1.79 bits per heavy atom. The molecule has 3 rings (SSSR count). The second kappa shape index (κ2) is 7.21. The fourth-order valence-electron chi connectivity index (χ4n) is 3.44. The largest absolute Gasteiger partial charge is 0.341 e. The quantitative estimate of drug-likeness (QED) is 0.840. The number of likely N-dealkylation sites (N-methyl/N-ethyl adjacent to an activating group) is 1. The fourth-order valence-corrected chi connectivity index (χ4v) is 3.44. The summed E-state index contributed by atoms with van der Waals surface area (Å²) >= 11 is 0. The molecule has 2 aliphatic rings. The number of likely N-dealkylation sites (tertiary alicyclic amines) is 1. The van der Waals surface area contributed by atoms with Crippen LogP contribution in [0.4, 0.5) is 10.5 Å². The predicted octanol–water partition coefficient (Wildman–Crippen LogP) is 1.48. The van der Waals surface area contributed by atoms with E-state index < -0.39 is 0 Å². The maximum absolute atomic E-state index is 12.6. The van der Waals surface area contributed by atoms with Crippen LogP contribution in [0.15, 0.2) is 30.3 Å². The van der Waals surface area contributed by atoms with Gasteiger partial charge >= 0.3 is 6.03 Å². The number of anilines is 1. The molecule has 6 heteroatoms. The molecule has 24 heavy (non-hydrogen) atoms. The van der Waals surface area contributed by atoms with Gasteiger partial charge in [-0.2, -0.15) is 0 Å². The molecule has 6 nitrogen and oxygen atoms in total. The van der Waals surface area contributed by atoms with E-state index >= 15 is 0 Å². The third-order valence-corrected chi connectivity index (χ3v) is 5.12. The van der Waals surface area contributed by atoms with Gasteiger partial charge in [0, 0.05) is 31.9 Å². The van der Waals surface area contributed by atoms with Crippen molar-refractivity contribution in [1.29, 1.82) is 0 Å². The molecular weight excluding hydrogens is 304 g/mol. The Bertz CT molecular complexity index is 584. The van der Waals surface area contributed by atoms with Gasteiger partial charge in [-0.05, 0) is 45.1 Å². The van der Waals surface area contributed by atoms with Crippen LogP contribution < -0.4 is 4.90 Å². The zero-order valence-electron chi connectivity index (χ0n) is 14.5. The third kappa shape index (κ3) is 3.53. The summed E-state index contributed by atoms with van der Waals surface area (Å²) in [7, 11) is 3.98. The van der Waals surface area contributed by atoms with Crippen molar-refractivity contribution < 1.29 is 9.59 Å². The highest BCUT2D eigenvalue weighted by atomic mass is 16.2. The number of rotatable bonds is 4. The van der Waals surface area contributed by atoms with Gasteiger partial charge in [-0.15, -0.1) is 0 Å². The Hall–Kier alpha value is -2.08. The van der Waals surface area contributed by atoms with Crippen LogP contribution in [0, 0.1) is 0 Å². The summed E-state index contributed by atoms with van der Waals surface area (Å²) in [6, 6.07) is 9.83. The van der Waals surface area contributed by atoms with E-state index in [1.165, 1.54) is 0 Å². The highest BCUT2D eigenvalue weighted by Crippen LogP contribution is 2.20. The molecule has 2 saturated heterocycles. The molecular formula is C18H26N4O2. The van der Waals surface area contributed by atoms with Gasteiger partial charge in [-0.25, -0.2) is 4.79 Å². The van der Waals surface area contributed by atoms with Gasteiger partial charge in [0.05, 0.1) is 0 Å². The van der Waals surface area contributed by atoms with E-state index in [0.29, 0.717) is 13.1 Å². The zero-order valence-corrected chi connectivity index (χ0v) is 14.5. The molecule has 1 aromatic carbocycles. The van der Waals surface area contributed by atoms with E-state index in [-0.39, 0.29) is 24.5 Å². The van der Waals surface area contributed by atoms with Gasteiger partial charge in [0.1, 0.15) is 6.54 Å². The molecule has 0 radical (unpaired) electrons. The van der Waals surface area contributed by atoms with Crippen molar-refractivity contribution in [3.8, 4) is 0 Å². The van der Waals surface area contributed by atoms with Gasteiger partial charge in [0.25, 0.3) is 0 Å². The third-order valence-electron chi connectivity index (χ3n) is 5.12. The zero-order chi connectivity index (χ0) is 17.1. The van der Waals surface area contributed by atoms with E-state index in [2.05, 4.69) is 11.9 Å². The van der Waals surface area contributed by atoms with Crippen molar-refractivity contribution in [2.75, 3.05) is 51.7 Å². The normalized spacial score (nSPS) is 19.8. The van der Waals surface area contributed by atoms with Crippen molar-refractivity contribution in [1.82, 2.24) is 14.7 Å². The van der Waals surface area contributed by atoms with Crippen LogP contribution in [0.3, 0.4) is 0 Å². The van der Waals surface area contributed by atoms with Crippen LogP contribution in [-0.4, -0.2) is 79.5 Å². The lowest BCUT2D eigenvalue weighted by Gasteiger charge is -2.35. The highest BCUT2D eigenvalue weighted by molar-refractivity contribution is 5.96. The number of hydrogen-bond donors (Lipinski definition) is 0. The van der Waals surface area contributed by atoms with E-state index in [9.17, 15) is 9.59 Å². The molecule has 0 bridgehead atoms. The summed E-state index contributed by atoms with van der Waals surface area (Å²) in [5, 5.41) is 0. The molecule has 0 N–H and O–H groups in total. The fraction of sp³-hybridized carbons (Fsp3) is 0.556. The Morgan fingerprint density at radius 3 is 2.46 bits per heavy atom. The molecule has 3 amide bonds. The Kier molecular flexibility index (Phi) is 5.04. The van der Waals surface area contributed by atoms with Crippen LogP contribution in [0.25, 0.3) is 0 Å². The van der Waals surface area contributed by atoms with Crippen LogP contribution in [0.1, 0.15) is 12.8 Å². The monoisotopic (exact) mass is 330 g/mol. The number of carbonyl (C=O) groups is 2. The number of urea groups is 1. The van der Waals surface area contributed by atoms with Gasteiger partial charge in [-0.3, -0.25) is 9.69 Å². The van der Waals surface area contributed by atoms with Crippen molar-refractivity contribution in [2.45, 2.75) is 18.9 Å². The molecule has 2 aliphatic heterocycles. The van der Waals surface area contributed by atoms with Gasteiger partial charge in [0.2, 0.25) is 5.91 Å². The second-order valence-corrected chi connectivity index (χ2v) is 6.73. The number of para-hydroxylation sites is 1. The number of carbonyl (C=O) groups excluding carboxylic acids is 2. The molecule has 0 aliphatic carbocycles. The van der Waals surface area contributed by atoms with Crippen LogP contribution in [0.5, 0.6) is 0 Å². The van der Waals surface area contributed by atoms with Crippen LogP contribution in [-0.2, 0) is 4.79 Å². The number of hydrogen-bond acceptors (Lipinski definition) is 3. The van der Waals surface area contributed by atoms with Crippen molar-refractivity contribution in [3.05, 3.63) is 30.3 Å². The first-order chi connectivity index (χ1) is 11.6. The Morgan fingerprint density at radius 1 is 1.12 bits per heavy atom. The van der Waals surface area contributed by atoms with Gasteiger partial charge in [0.15, 0.2) is 0 Å². The minimum Gasteiger partial charge on any atom is -0.341 e. The second-order valence-electron chi connectivity index (χ2n) is 6.73. The lowest BCUT2D eigenvalue weighted by Crippen LogP contribution is -2.48. The maximum Gasteiger partial charge on any atom is 0.325 e. The average molecular weight is 330 g/mol. The number of amides is 3. The molecule has 2 fully saturated rings. The van der Waals surface area contributed by atoms with E-state index in [1.54, 1.807) is 9.80 Å². The first kappa shape index (κ1) is 16.8. The maximum atomic E-state index is 12.6. The standard InChI is InChI=1S/C18H26N4O2/c1-19-10-8-15(9-11-19)20(2)17(23)14-21-12-13-22(18(21)24)16-6-4-3-5-7-16/h3-7,15H,8-14H2,1-2H3. The summed E-state index contributed by atoms with van der Waals surface area (Å²) in [5.41, 5.74) is 0.890. The number of nitrogens with zero attached hydrogens (tertiary/aromatic N) is 4. The summed E-state index contributed by atoms with van der Waals surface area (Å²) in [5.74, 6) is 0.0350. The molecule has 0 saturated carbocycles. The smallest absolute Gasteiger partial charge is 0.325 e. The highest BCUT2D eigenvalue weighted by Gasteiger charge is 2.32. The van der Waals surface area contributed by atoms with Gasteiger partial charge in [-0.1, -0.05) is 18.2 Å². The summed E-state index contributed by atoms with van der Waals surface area (Å²) in [6.45, 7) is 3.44. The molecule has 2 heterocycles. The first-order valence-electron chi connectivity index (χ1n) is 8.62. The minimum absolute atomic E-state index is 0.0350. The van der Waals surface area contributed by atoms with Crippen molar-refractivity contribution in [3.63, 3.8) is 0 Å². The number of benzene rings is 1. The Labute approximate surface area is 143 Å². The topological polar surface area (TPSA) is 47.1 Å². The SMILES string of the molecule is CN1CCC(N(C)C(=O)CN2CCN(c3ccccc3)C2=O)CC1. The summed E-state index contributed by atoms with van der Waals surface area (Å²) < 4.78 is 0. The minimum atomic E-state index is -0.0775. The average Bonchev–Trinajstić information content (AvgIpc) is 2.96. The lowest BCUT2D eigenvalue weighted by atomic mass is 10.0. The van der Waals surface area contributed by atoms with Crippen molar-refractivity contribution in [2.24, 2.45) is 0 Å². The van der Waals surface area contributed by atoms with E-state index in [4.69, 9.17) is 0 Å². The molecule has 0 spiro atoms. The molecule has 130 valence electrons. The molecule has 0 aromatic heterocycles. The van der Waals surface area contributed by atoms with Gasteiger partial charge < -0.3 is 14.7 Å².